The van der Waals surface area contributed by atoms with Crippen LogP contribution in [0.5, 0.6) is 5.75 Å². The maximum atomic E-state index is 12.2. The van der Waals surface area contributed by atoms with Crippen molar-refractivity contribution < 1.29 is 32.4 Å². The number of benzene rings is 2. The largest absolute Gasteiger partial charge is 0.573 e. The number of likely N-dealkylation sites (N-methyl/N-ethyl adjacent to an activating group) is 1. The molecule has 2 rings (SSSR count). The van der Waals surface area contributed by atoms with E-state index in [2.05, 4.69) is 15.4 Å². The first kappa shape index (κ1) is 22.2. The van der Waals surface area contributed by atoms with Gasteiger partial charge in [0.15, 0.2) is 13.1 Å². The van der Waals surface area contributed by atoms with Crippen LogP contribution in [-0.4, -0.2) is 38.3 Å². The average molecular weight is 410 g/mol. The normalized spacial score (nSPS) is 13.3. The minimum absolute atomic E-state index is 0.0218. The van der Waals surface area contributed by atoms with Gasteiger partial charge in [0, 0.05) is 5.69 Å². The molecule has 0 heterocycles. The third-order valence-electron chi connectivity index (χ3n) is 3.97. The molecule has 29 heavy (non-hydrogen) atoms. The molecule has 0 aromatic heterocycles. The van der Waals surface area contributed by atoms with Crippen molar-refractivity contribution in [2.75, 3.05) is 25.5 Å². The molecule has 2 aromatic carbocycles. The Bertz CT molecular complexity index is 811. The molecule has 2 aromatic rings. The molecule has 1 unspecified atom stereocenters. The second kappa shape index (κ2) is 9.92. The number of amides is 2. The van der Waals surface area contributed by atoms with Gasteiger partial charge in [-0.3, -0.25) is 9.59 Å². The van der Waals surface area contributed by atoms with Crippen LogP contribution in [0.15, 0.2) is 54.6 Å². The quantitative estimate of drug-likeness (QED) is 0.623. The fourth-order valence-corrected chi connectivity index (χ4v) is 2.67. The van der Waals surface area contributed by atoms with Crippen LogP contribution < -0.4 is 20.3 Å². The van der Waals surface area contributed by atoms with Crippen molar-refractivity contribution in [2.24, 2.45) is 0 Å². The van der Waals surface area contributed by atoms with E-state index in [1.54, 1.807) is 7.05 Å². The predicted molar refractivity (Wildman–Crippen MR) is 101 cm³/mol. The molecule has 0 spiro atoms. The maximum absolute atomic E-state index is 12.2. The number of quaternary nitrogens is 1. The summed E-state index contributed by atoms with van der Waals surface area (Å²) in [5, 5.41) is 5.45. The number of carbonyl (C=O) groups excluding carboxylic acids is 2. The Balaban J connectivity index is 1.77. The summed E-state index contributed by atoms with van der Waals surface area (Å²) < 4.78 is 40.2. The summed E-state index contributed by atoms with van der Waals surface area (Å²) in [7, 11) is 1.70. The van der Waals surface area contributed by atoms with Gasteiger partial charge in [0.05, 0.1) is 13.1 Å². The monoisotopic (exact) mass is 410 g/mol. The third kappa shape index (κ3) is 8.22. The van der Waals surface area contributed by atoms with E-state index >= 15 is 0 Å². The smallest absolute Gasteiger partial charge is 0.406 e. The van der Waals surface area contributed by atoms with Crippen LogP contribution in [0.3, 0.4) is 0 Å². The van der Waals surface area contributed by atoms with Gasteiger partial charge in [-0.2, -0.15) is 0 Å². The van der Waals surface area contributed by atoms with E-state index in [1.165, 1.54) is 12.1 Å². The molecule has 0 aliphatic rings. The van der Waals surface area contributed by atoms with Gasteiger partial charge in [0.1, 0.15) is 5.75 Å². The third-order valence-corrected chi connectivity index (χ3v) is 3.97. The van der Waals surface area contributed by atoms with Crippen molar-refractivity contribution in [3.63, 3.8) is 0 Å². The second-order valence-corrected chi connectivity index (χ2v) is 6.63. The molecule has 0 bridgehead atoms. The lowest BCUT2D eigenvalue weighted by Crippen LogP contribution is -3.11. The van der Waals surface area contributed by atoms with Gasteiger partial charge in [0.2, 0.25) is 0 Å². The van der Waals surface area contributed by atoms with Gasteiger partial charge in [-0.15, -0.1) is 13.2 Å². The van der Waals surface area contributed by atoms with Gasteiger partial charge < -0.3 is 20.3 Å². The van der Waals surface area contributed by atoms with Crippen LogP contribution in [0.2, 0.25) is 0 Å². The first-order chi connectivity index (χ1) is 13.6. The molecule has 9 heteroatoms. The SMILES string of the molecule is C[C@H](NC(=O)C[NH+](C)CC(=O)Nc1ccc(OC(F)(F)F)cc1)c1ccccc1. The van der Waals surface area contributed by atoms with Crippen LogP contribution in [-0.2, 0) is 9.59 Å². The number of hydrogen-bond donors (Lipinski definition) is 3. The number of anilines is 1. The van der Waals surface area contributed by atoms with Crippen LogP contribution >= 0.6 is 0 Å². The fourth-order valence-electron chi connectivity index (χ4n) is 2.67. The van der Waals surface area contributed by atoms with Gasteiger partial charge in [-0.1, -0.05) is 30.3 Å². The lowest BCUT2D eigenvalue weighted by Gasteiger charge is -2.17. The summed E-state index contributed by atoms with van der Waals surface area (Å²) in [6, 6.07) is 14.2. The van der Waals surface area contributed by atoms with Gasteiger partial charge in [0.25, 0.3) is 11.8 Å². The van der Waals surface area contributed by atoms with Crippen molar-refractivity contribution >= 4 is 17.5 Å². The molecule has 156 valence electrons. The highest BCUT2D eigenvalue weighted by Crippen LogP contribution is 2.23. The molecule has 0 aliphatic carbocycles. The average Bonchev–Trinajstić information content (AvgIpc) is 2.62. The van der Waals surface area contributed by atoms with Crippen molar-refractivity contribution in [2.45, 2.75) is 19.3 Å². The first-order valence-electron chi connectivity index (χ1n) is 8.93. The standard InChI is InChI=1S/C20H22F3N3O3/c1-14(15-6-4-3-5-7-15)24-18(27)12-26(2)13-19(28)25-16-8-10-17(11-9-16)29-20(21,22)23/h3-11,14H,12-13H2,1-2H3,(H,24,27)(H,25,28)/p+1/t14-/m0/s1. The van der Waals surface area contributed by atoms with Crippen LogP contribution in [0.4, 0.5) is 18.9 Å². The molecule has 0 saturated carbocycles. The van der Waals surface area contributed by atoms with Crippen LogP contribution in [0, 0.1) is 0 Å². The lowest BCUT2D eigenvalue weighted by molar-refractivity contribution is -0.862. The zero-order chi connectivity index (χ0) is 21.4. The molecule has 2 atom stereocenters. The zero-order valence-corrected chi connectivity index (χ0v) is 16.0. The highest BCUT2D eigenvalue weighted by molar-refractivity contribution is 5.91. The fraction of sp³-hybridized carbons (Fsp3) is 0.300. The van der Waals surface area contributed by atoms with E-state index in [0.29, 0.717) is 10.6 Å². The Morgan fingerprint density at radius 1 is 1.00 bits per heavy atom. The summed E-state index contributed by atoms with van der Waals surface area (Å²) in [5.74, 6) is -0.932. The second-order valence-electron chi connectivity index (χ2n) is 6.63. The molecule has 6 nitrogen and oxygen atoms in total. The van der Waals surface area contributed by atoms with Crippen LogP contribution in [0.1, 0.15) is 18.5 Å². The zero-order valence-electron chi connectivity index (χ0n) is 16.0. The highest BCUT2D eigenvalue weighted by Gasteiger charge is 2.31. The summed E-state index contributed by atoms with van der Waals surface area (Å²) in [4.78, 5) is 24.9. The van der Waals surface area contributed by atoms with Gasteiger partial charge in [-0.05, 0) is 36.8 Å². The minimum Gasteiger partial charge on any atom is -0.406 e. The molecule has 0 radical (unpaired) electrons. The predicted octanol–water partition coefficient (Wildman–Crippen LogP) is 1.92. The summed E-state index contributed by atoms with van der Waals surface area (Å²) >= 11 is 0. The van der Waals surface area contributed by atoms with E-state index in [0.717, 1.165) is 17.7 Å². The van der Waals surface area contributed by atoms with Crippen LogP contribution in [0.25, 0.3) is 0 Å². The molecule has 0 saturated heterocycles. The number of halogens is 3. The minimum atomic E-state index is -4.77. The summed E-state index contributed by atoms with van der Waals surface area (Å²) in [5.41, 5.74) is 1.31. The Morgan fingerprint density at radius 3 is 2.17 bits per heavy atom. The molecule has 2 amide bonds. The number of alkyl halides is 3. The number of hydrogen-bond acceptors (Lipinski definition) is 3. The van der Waals surface area contributed by atoms with E-state index < -0.39 is 6.36 Å². The molecular formula is C20H23F3N3O3+. The van der Waals surface area contributed by atoms with Crippen molar-refractivity contribution in [1.82, 2.24) is 5.32 Å². The number of nitrogens with one attached hydrogen (secondary N) is 3. The first-order valence-corrected chi connectivity index (χ1v) is 8.93. The Hall–Kier alpha value is -3.07. The Kier molecular flexibility index (Phi) is 7.60. The van der Waals surface area contributed by atoms with E-state index in [1.807, 2.05) is 37.3 Å². The molecular weight excluding hydrogens is 387 g/mol. The number of carbonyl (C=O) groups is 2. The summed E-state index contributed by atoms with van der Waals surface area (Å²) in [6.07, 6.45) is -4.77. The molecule has 0 aliphatic heterocycles. The number of rotatable bonds is 8. The van der Waals surface area contributed by atoms with Crippen molar-refractivity contribution in [3.8, 4) is 5.75 Å². The topological polar surface area (TPSA) is 71.9 Å². The van der Waals surface area contributed by atoms with Gasteiger partial charge in [-0.25, -0.2) is 0 Å². The van der Waals surface area contributed by atoms with Crippen molar-refractivity contribution in [3.05, 3.63) is 60.2 Å². The highest BCUT2D eigenvalue weighted by atomic mass is 19.4. The summed E-state index contributed by atoms with van der Waals surface area (Å²) in [6.45, 7) is 2.00. The Morgan fingerprint density at radius 2 is 1.59 bits per heavy atom. The molecule has 0 fully saturated rings. The van der Waals surface area contributed by atoms with E-state index in [4.69, 9.17) is 0 Å². The van der Waals surface area contributed by atoms with Gasteiger partial charge >= 0.3 is 6.36 Å². The molecule has 3 N–H and O–H groups in total. The maximum Gasteiger partial charge on any atom is 0.573 e. The Labute approximate surface area is 166 Å². The van der Waals surface area contributed by atoms with E-state index in [-0.39, 0.29) is 36.7 Å². The van der Waals surface area contributed by atoms with E-state index in [9.17, 15) is 22.8 Å². The van der Waals surface area contributed by atoms with Crippen molar-refractivity contribution in [1.29, 1.82) is 0 Å². The lowest BCUT2D eigenvalue weighted by atomic mass is 10.1. The number of ether oxygens (including phenoxy) is 1.